The van der Waals surface area contributed by atoms with Gasteiger partial charge in [0.05, 0.1) is 11.1 Å². The highest BCUT2D eigenvalue weighted by Gasteiger charge is 2.14. The van der Waals surface area contributed by atoms with Crippen LogP contribution in [0.5, 0.6) is 0 Å². The smallest absolute Gasteiger partial charge is 0.160 e. The average molecular weight is 281 g/mol. The molecule has 0 radical (unpaired) electrons. The Labute approximate surface area is 124 Å². The van der Waals surface area contributed by atoms with Crippen molar-refractivity contribution in [2.24, 2.45) is 7.05 Å². The van der Waals surface area contributed by atoms with Crippen LogP contribution < -0.4 is 5.32 Å². The third kappa shape index (κ3) is 2.35. The van der Waals surface area contributed by atoms with Crippen LogP contribution in [0.1, 0.15) is 19.5 Å². The summed E-state index contributed by atoms with van der Waals surface area (Å²) in [5, 5.41) is 8.88. The van der Waals surface area contributed by atoms with Gasteiger partial charge in [-0.15, -0.1) is 0 Å². The van der Waals surface area contributed by atoms with E-state index in [1.54, 1.807) is 0 Å². The van der Waals surface area contributed by atoms with Crippen LogP contribution in [0.3, 0.4) is 0 Å². The van der Waals surface area contributed by atoms with Crippen LogP contribution in [-0.4, -0.2) is 26.3 Å². The van der Waals surface area contributed by atoms with Crippen molar-refractivity contribution in [2.45, 2.75) is 20.3 Å². The Kier molecular flexibility index (Phi) is 3.56. The summed E-state index contributed by atoms with van der Waals surface area (Å²) in [6, 6.07) is 6.22. The molecule has 0 amide bonds. The number of hydrogen-bond donors (Lipinski definition) is 1. The molecule has 1 N–H and O–H groups in total. The highest BCUT2D eigenvalue weighted by molar-refractivity contribution is 5.91. The fourth-order valence-electron chi connectivity index (χ4n) is 2.56. The Morgan fingerprint density at radius 3 is 2.62 bits per heavy atom. The van der Waals surface area contributed by atoms with Crippen molar-refractivity contribution in [3.63, 3.8) is 0 Å². The fourth-order valence-corrected chi connectivity index (χ4v) is 2.56. The van der Waals surface area contributed by atoms with Crippen molar-refractivity contribution in [3.8, 4) is 11.1 Å². The molecule has 0 bridgehead atoms. The average Bonchev–Trinajstić information content (AvgIpc) is 2.83. The molecule has 0 aliphatic carbocycles. The molecule has 3 aromatic rings. The molecule has 3 aromatic heterocycles. The van der Waals surface area contributed by atoms with Gasteiger partial charge in [0.2, 0.25) is 0 Å². The number of anilines is 1. The second kappa shape index (κ2) is 5.52. The van der Waals surface area contributed by atoms with Crippen LogP contribution in [0.25, 0.3) is 22.2 Å². The second-order valence-electron chi connectivity index (χ2n) is 4.95. The number of aryl methyl sites for hydroxylation is 2. The Bertz CT molecular complexity index is 761. The summed E-state index contributed by atoms with van der Waals surface area (Å²) in [5.41, 5.74) is 4.29. The van der Waals surface area contributed by atoms with Crippen molar-refractivity contribution >= 4 is 16.9 Å². The van der Waals surface area contributed by atoms with Gasteiger partial charge in [0.25, 0.3) is 0 Å². The van der Waals surface area contributed by atoms with Crippen molar-refractivity contribution in [1.82, 2.24) is 19.7 Å². The number of fused-ring (bicyclic) bond motifs is 1. The summed E-state index contributed by atoms with van der Waals surface area (Å²) in [6.07, 6.45) is 4.51. The molecule has 0 aliphatic rings. The van der Waals surface area contributed by atoms with E-state index < -0.39 is 0 Å². The van der Waals surface area contributed by atoms with E-state index in [1.165, 1.54) is 0 Å². The molecular weight excluding hydrogens is 262 g/mol. The minimum atomic E-state index is 0.840. The van der Waals surface area contributed by atoms with Crippen LogP contribution >= 0.6 is 0 Å². The van der Waals surface area contributed by atoms with Crippen LogP contribution in [0.4, 0.5) is 5.82 Å². The molecule has 0 fully saturated rings. The van der Waals surface area contributed by atoms with E-state index in [0.29, 0.717) is 0 Å². The number of nitrogens with one attached hydrogen (secondary N) is 1. The molecule has 0 saturated heterocycles. The van der Waals surface area contributed by atoms with Crippen molar-refractivity contribution in [3.05, 3.63) is 36.3 Å². The van der Waals surface area contributed by atoms with Crippen LogP contribution in [0.2, 0.25) is 0 Å². The predicted molar refractivity (Wildman–Crippen MR) is 85.3 cm³/mol. The Morgan fingerprint density at radius 1 is 1.19 bits per heavy atom. The van der Waals surface area contributed by atoms with Gasteiger partial charge in [-0.3, -0.25) is 4.98 Å². The molecule has 108 valence electrons. The molecule has 3 rings (SSSR count). The molecule has 0 atom stereocenters. The summed E-state index contributed by atoms with van der Waals surface area (Å²) in [4.78, 5) is 8.90. The minimum Gasteiger partial charge on any atom is -0.368 e. The molecule has 0 saturated carbocycles. The van der Waals surface area contributed by atoms with E-state index in [-0.39, 0.29) is 0 Å². The molecule has 0 spiro atoms. The number of nitrogens with zero attached hydrogens (tertiary/aromatic N) is 4. The van der Waals surface area contributed by atoms with Gasteiger partial charge in [0, 0.05) is 31.5 Å². The monoisotopic (exact) mass is 281 g/mol. The molecule has 3 heterocycles. The molecular formula is C16H19N5. The molecule has 0 aromatic carbocycles. The maximum absolute atomic E-state index is 4.81. The van der Waals surface area contributed by atoms with E-state index in [9.17, 15) is 0 Å². The number of pyridine rings is 2. The van der Waals surface area contributed by atoms with Crippen LogP contribution in [-0.2, 0) is 13.5 Å². The third-order valence-electron chi connectivity index (χ3n) is 3.56. The second-order valence-corrected chi connectivity index (χ2v) is 4.95. The first-order valence-electron chi connectivity index (χ1n) is 7.25. The van der Waals surface area contributed by atoms with E-state index in [1.807, 2.05) is 36.3 Å². The predicted octanol–water partition coefficient (Wildman–Crippen LogP) is 3.02. The Hall–Kier alpha value is -2.43. The standard InChI is InChI=1S/C16H19N5/c1-4-14-12(11-6-8-17-9-7-11)10-13-15(18-5-2)20-21(3)16(13)19-14/h6-10H,4-5H2,1-3H3,(H,18,20). The van der Waals surface area contributed by atoms with Crippen LogP contribution in [0.15, 0.2) is 30.6 Å². The van der Waals surface area contributed by atoms with E-state index in [0.717, 1.165) is 46.6 Å². The molecule has 0 aliphatic heterocycles. The molecule has 5 heteroatoms. The molecule has 5 nitrogen and oxygen atoms in total. The normalized spacial score (nSPS) is 11.0. The lowest BCUT2D eigenvalue weighted by atomic mass is 10.0. The van der Waals surface area contributed by atoms with Crippen molar-refractivity contribution in [2.75, 3.05) is 11.9 Å². The summed E-state index contributed by atoms with van der Waals surface area (Å²) >= 11 is 0. The van der Waals surface area contributed by atoms with Gasteiger partial charge in [-0.25, -0.2) is 9.67 Å². The molecule has 21 heavy (non-hydrogen) atoms. The van der Waals surface area contributed by atoms with Crippen molar-refractivity contribution in [1.29, 1.82) is 0 Å². The summed E-state index contributed by atoms with van der Waals surface area (Å²) in [5.74, 6) is 0.889. The van der Waals surface area contributed by atoms with Gasteiger partial charge in [0.15, 0.2) is 11.5 Å². The summed E-state index contributed by atoms with van der Waals surface area (Å²) in [7, 11) is 1.93. The third-order valence-corrected chi connectivity index (χ3v) is 3.56. The number of rotatable bonds is 4. The Balaban J connectivity index is 2.26. The summed E-state index contributed by atoms with van der Waals surface area (Å²) in [6.45, 7) is 5.03. The van der Waals surface area contributed by atoms with Crippen molar-refractivity contribution < 1.29 is 0 Å². The Morgan fingerprint density at radius 2 is 1.95 bits per heavy atom. The van der Waals surface area contributed by atoms with E-state index in [2.05, 4.69) is 35.3 Å². The first kappa shape index (κ1) is 13.5. The van der Waals surface area contributed by atoms with E-state index in [4.69, 9.17) is 4.98 Å². The largest absolute Gasteiger partial charge is 0.368 e. The lowest BCUT2D eigenvalue weighted by molar-refractivity contribution is 0.784. The first-order valence-corrected chi connectivity index (χ1v) is 7.25. The lowest BCUT2D eigenvalue weighted by Crippen LogP contribution is -1.98. The van der Waals surface area contributed by atoms with Gasteiger partial charge >= 0.3 is 0 Å². The SMILES string of the molecule is CCNc1nn(C)c2nc(CC)c(-c3ccncc3)cc12. The topological polar surface area (TPSA) is 55.6 Å². The zero-order chi connectivity index (χ0) is 14.8. The van der Waals surface area contributed by atoms with Gasteiger partial charge in [-0.2, -0.15) is 5.10 Å². The van der Waals surface area contributed by atoms with Gasteiger partial charge in [-0.05, 0) is 37.1 Å². The maximum atomic E-state index is 4.81. The number of aromatic nitrogens is 4. The highest BCUT2D eigenvalue weighted by Crippen LogP contribution is 2.29. The number of hydrogen-bond acceptors (Lipinski definition) is 4. The fraction of sp³-hybridized carbons (Fsp3) is 0.312. The van der Waals surface area contributed by atoms with Gasteiger partial charge in [-0.1, -0.05) is 6.92 Å². The lowest BCUT2D eigenvalue weighted by Gasteiger charge is -2.08. The zero-order valence-electron chi connectivity index (χ0n) is 12.6. The van der Waals surface area contributed by atoms with E-state index >= 15 is 0 Å². The maximum Gasteiger partial charge on any atom is 0.160 e. The molecule has 0 unspecified atom stereocenters. The highest BCUT2D eigenvalue weighted by atomic mass is 15.3. The van der Waals surface area contributed by atoms with Gasteiger partial charge in [0.1, 0.15) is 0 Å². The van der Waals surface area contributed by atoms with Gasteiger partial charge < -0.3 is 5.32 Å². The first-order chi connectivity index (χ1) is 10.2. The quantitative estimate of drug-likeness (QED) is 0.798. The zero-order valence-corrected chi connectivity index (χ0v) is 12.6. The van der Waals surface area contributed by atoms with Crippen LogP contribution in [0, 0.1) is 0 Å². The summed E-state index contributed by atoms with van der Waals surface area (Å²) < 4.78 is 1.84. The minimum absolute atomic E-state index is 0.840.